The lowest BCUT2D eigenvalue weighted by molar-refractivity contribution is 0.549. The largest absolute Gasteiger partial charge is 0.301 e. The van der Waals surface area contributed by atoms with E-state index in [1.807, 2.05) is 0 Å². The van der Waals surface area contributed by atoms with Crippen LogP contribution in [0.4, 0.5) is 0 Å². The molecule has 0 unspecified atom stereocenters. The molecule has 0 aromatic heterocycles. The van der Waals surface area contributed by atoms with Gasteiger partial charge in [-0.2, -0.15) is 0 Å². The predicted molar refractivity (Wildman–Crippen MR) is 58.4 cm³/mol. The number of allylic oxidation sites excluding steroid dienone is 1. The Balaban J connectivity index is 2.05. The van der Waals surface area contributed by atoms with Crippen LogP contribution in [0.3, 0.4) is 0 Å². The first-order valence-electron chi connectivity index (χ1n) is 4.97. The van der Waals surface area contributed by atoms with E-state index in [4.69, 9.17) is 0 Å². The summed E-state index contributed by atoms with van der Waals surface area (Å²) in [5.74, 6) is 0. The Bertz CT molecular complexity index is 150. The van der Waals surface area contributed by atoms with Gasteiger partial charge in [-0.3, -0.25) is 0 Å². The second kappa shape index (κ2) is 4.24. The van der Waals surface area contributed by atoms with Crippen molar-refractivity contribution >= 4 is 8.07 Å². The molecule has 1 nitrogen and oxygen atoms in total. The van der Waals surface area contributed by atoms with Gasteiger partial charge in [-0.15, -0.1) is 6.58 Å². The lowest BCUT2D eigenvalue weighted by Gasteiger charge is -2.20. The molecule has 0 saturated carbocycles. The van der Waals surface area contributed by atoms with Crippen molar-refractivity contribution in [1.82, 2.24) is 4.90 Å². The summed E-state index contributed by atoms with van der Waals surface area (Å²) in [6.07, 6.45) is 3.51. The van der Waals surface area contributed by atoms with Gasteiger partial charge in [0, 0.05) is 13.1 Å². The van der Waals surface area contributed by atoms with Gasteiger partial charge in [0.2, 0.25) is 0 Å². The smallest absolute Gasteiger partial charge is 0.0511 e. The topological polar surface area (TPSA) is 3.01 Å². The zero-order valence-electron chi connectivity index (χ0n) is 8.47. The maximum absolute atomic E-state index is 3.83. The van der Waals surface area contributed by atoms with Gasteiger partial charge < -0.3 is 4.90 Å². The highest BCUT2D eigenvalue weighted by Gasteiger charge is 2.21. The highest BCUT2D eigenvalue weighted by atomic mass is 28.3. The van der Waals surface area contributed by atoms with Gasteiger partial charge in [-0.1, -0.05) is 25.2 Å². The average Bonchev–Trinajstić information content (AvgIpc) is 2.70. The van der Waals surface area contributed by atoms with E-state index in [9.17, 15) is 0 Å². The van der Waals surface area contributed by atoms with Crippen molar-refractivity contribution in [3.05, 3.63) is 12.7 Å². The standard InChI is InChI=1S/C10H21NSi/c1-4-9-12(2,3)10-5-6-11-7-8-11/h4H,1,5-10H2,2-3H3. The summed E-state index contributed by atoms with van der Waals surface area (Å²) in [4.78, 5) is 2.51. The molecule has 1 heterocycles. The van der Waals surface area contributed by atoms with Crippen LogP contribution < -0.4 is 0 Å². The molecule has 0 N–H and O–H groups in total. The molecular weight excluding hydrogens is 162 g/mol. The molecule has 70 valence electrons. The molecule has 0 spiro atoms. The van der Waals surface area contributed by atoms with Crippen LogP contribution in [0.1, 0.15) is 6.42 Å². The van der Waals surface area contributed by atoms with Gasteiger partial charge in [0.15, 0.2) is 0 Å². The Kier molecular flexibility index (Phi) is 3.53. The zero-order valence-corrected chi connectivity index (χ0v) is 9.47. The fraction of sp³-hybridized carbons (Fsp3) is 0.800. The zero-order chi connectivity index (χ0) is 9.03. The van der Waals surface area contributed by atoms with E-state index in [0.717, 1.165) is 0 Å². The van der Waals surface area contributed by atoms with Gasteiger partial charge >= 0.3 is 0 Å². The van der Waals surface area contributed by atoms with Gasteiger partial charge in [0.05, 0.1) is 8.07 Å². The third kappa shape index (κ3) is 4.07. The Hall–Kier alpha value is -0.0831. The maximum atomic E-state index is 3.83. The van der Waals surface area contributed by atoms with Crippen molar-refractivity contribution in [2.75, 3.05) is 19.6 Å². The fourth-order valence-corrected chi connectivity index (χ4v) is 3.67. The molecule has 0 aromatic carbocycles. The van der Waals surface area contributed by atoms with Gasteiger partial charge in [0.25, 0.3) is 0 Å². The molecular formula is C10H21NSi. The lowest BCUT2D eigenvalue weighted by Crippen LogP contribution is -2.24. The summed E-state index contributed by atoms with van der Waals surface area (Å²) in [7, 11) is -0.887. The number of hydrogen-bond acceptors (Lipinski definition) is 1. The summed E-state index contributed by atoms with van der Waals surface area (Å²) in [5.41, 5.74) is 0. The lowest BCUT2D eigenvalue weighted by atomic mass is 10.5. The van der Waals surface area contributed by atoms with Crippen molar-refractivity contribution in [3.8, 4) is 0 Å². The molecule has 12 heavy (non-hydrogen) atoms. The van der Waals surface area contributed by atoms with E-state index in [2.05, 4.69) is 30.6 Å². The quantitative estimate of drug-likeness (QED) is 0.347. The molecule has 0 aliphatic carbocycles. The van der Waals surface area contributed by atoms with E-state index >= 15 is 0 Å². The summed E-state index contributed by atoms with van der Waals surface area (Å²) >= 11 is 0. The van der Waals surface area contributed by atoms with Crippen LogP contribution in [0, 0.1) is 0 Å². The van der Waals surface area contributed by atoms with Crippen LogP contribution >= 0.6 is 0 Å². The van der Waals surface area contributed by atoms with Crippen LogP contribution in [0.25, 0.3) is 0 Å². The molecule has 1 aliphatic heterocycles. The summed E-state index contributed by atoms with van der Waals surface area (Å²) in [5, 5.41) is 0. The first-order valence-corrected chi connectivity index (χ1v) is 8.39. The molecule has 0 aromatic rings. The average molecular weight is 183 g/mol. The third-order valence-corrected chi connectivity index (χ3v) is 5.67. The van der Waals surface area contributed by atoms with Crippen LogP contribution in [0.2, 0.25) is 25.2 Å². The summed E-state index contributed by atoms with van der Waals surface area (Å²) < 4.78 is 0. The van der Waals surface area contributed by atoms with Gasteiger partial charge in [-0.25, -0.2) is 0 Å². The third-order valence-electron chi connectivity index (χ3n) is 2.56. The summed E-state index contributed by atoms with van der Waals surface area (Å²) in [6, 6.07) is 2.75. The molecule has 0 bridgehead atoms. The minimum Gasteiger partial charge on any atom is -0.301 e. The number of rotatable bonds is 6. The first-order chi connectivity index (χ1) is 5.64. The number of nitrogens with zero attached hydrogens (tertiary/aromatic N) is 1. The van der Waals surface area contributed by atoms with E-state index < -0.39 is 8.07 Å². The maximum Gasteiger partial charge on any atom is 0.0511 e. The molecule has 1 rings (SSSR count). The second-order valence-electron chi connectivity index (χ2n) is 4.60. The van der Waals surface area contributed by atoms with Crippen molar-refractivity contribution in [3.63, 3.8) is 0 Å². The molecule has 1 aliphatic rings. The van der Waals surface area contributed by atoms with Crippen molar-refractivity contribution in [2.24, 2.45) is 0 Å². The minimum atomic E-state index is -0.887. The Morgan fingerprint density at radius 2 is 2.08 bits per heavy atom. The van der Waals surface area contributed by atoms with Gasteiger partial charge in [-0.05, 0) is 19.0 Å². The molecule has 1 fully saturated rings. The molecule has 0 radical (unpaired) electrons. The highest BCUT2D eigenvalue weighted by Crippen LogP contribution is 2.18. The SMILES string of the molecule is C=CC[Si](C)(C)CCCN1CC1. The number of hydrogen-bond donors (Lipinski definition) is 0. The van der Waals surface area contributed by atoms with Crippen LogP contribution in [-0.2, 0) is 0 Å². The van der Waals surface area contributed by atoms with E-state index in [1.54, 1.807) is 0 Å². The Morgan fingerprint density at radius 1 is 1.42 bits per heavy atom. The minimum absolute atomic E-state index is 0.887. The molecule has 0 amide bonds. The fourth-order valence-electron chi connectivity index (χ4n) is 1.57. The highest BCUT2D eigenvalue weighted by molar-refractivity contribution is 6.77. The second-order valence-corrected chi connectivity index (χ2v) is 9.84. The molecule has 0 atom stereocenters. The monoisotopic (exact) mass is 183 g/mol. The van der Waals surface area contributed by atoms with Crippen LogP contribution in [0.5, 0.6) is 0 Å². The van der Waals surface area contributed by atoms with Crippen molar-refractivity contribution in [1.29, 1.82) is 0 Å². The Labute approximate surface area is 77.5 Å². The summed E-state index contributed by atoms with van der Waals surface area (Å²) in [6.45, 7) is 12.8. The van der Waals surface area contributed by atoms with Crippen molar-refractivity contribution < 1.29 is 0 Å². The van der Waals surface area contributed by atoms with E-state index in [-0.39, 0.29) is 0 Å². The molecule has 1 saturated heterocycles. The van der Waals surface area contributed by atoms with E-state index in [1.165, 1.54) is 38.1 Å². The predicted octanol–water partition coefficient (Wildman–Crippen LogP) is 2.59. The van der Waals surface area contributed by atoms with E-state index in [0.29, 0.717) is 0 Å². The Morgan fingerprint density at radius 3 is 2.58 bits per heavy atom. The first kappa shape index (κ1) is 10.0. The van der Waals surface area contributed by atoms with Crippen LogP contribution in [-0.4, -0.2) is 32.6 Å². The van der Waals surface area contributed by atoms with Crippen molar-refractivity contribution in [2.45, 2.75) is 31.6 Å². The van der Waals surface area contributed by atoms with Gasteiger partial charge in [0.1, 0.15) is 0 Å². The van der Waals surface area contributed by atoms with Crippen LogP contribution in [0.15, 0.2) is 12.7 Å². The normalized spacial score (nSPS) is 17.8. The molecule has 2 heteroatoms.